The van der Waals surface area contributed by atoms with E-state index < -0.39 is 10.0 Å². The van der Waals surface area contributed by atoms with Gasteiger partial charge in [0, 0.05) is 18.5 Å². The molecule has 0 saturated carbocycles. The van der Waals surface area contributed by atoms with Gasteiger partial charge in [-0.05, 0) is 23.6 Å². The number of hydrogen-bond acceptors (Lipinski definition) is 3. The maximum atomic E-state index is 12.2. The second-order valence-corrected chi connectivity index (χ2v) is 7.46. The predicted octanol–water partition coefficient (Wildman–Crippen LogP) is 1.74. The topological polar surface area (TPSA) is 66.4 Å². The van der Waals surface area contributed by atoms with E-state index in [1.54, 1.807) is 18.2 Å². The highest BCUT2D eigenvalue weighted by atomic mass is 32.2. The van der Waals surface area contributed by atoms with Gasteiger partial charge in [-0.1, -0.05) is 38.7 Å². The van der Waals surface area contributed by atoms with Gasteiger partial charge in [-0.2, -0.15) is 0 Å². The first-order valence-electron chi connectivity index (χ1n) is 6.44. The molecule has 0 unspecified atom stereocenters. The van der Waals surface area contributed by atoms with Crippen LogP contribution in [0, 0.1) is 17.3 Å². The highest BCUT2D eigenvalue weighted by Crippen LogP contribution is 2.15. The Hall–Kier alpha value is -1.35. The Morgan fingerprint density at radius 2 is 2.00 bits per heavy atom. The highest BCUT2D eigenvalue weighted by molar-refractivity contribution is 7.89. The van der Waals surface area contributed by atoms with Gasteiger partial charge in [0.1, 0.15) is 0 Å². The molecule has 0 aliphatic rings. The molecule has 0 saturated heterocycles. The number of benzene rings is 1. The Balaban J connectivity index is 2.91. The van der Waals surface area contributed by atoms with E-state index in [0.717, 1.165) is 0 Å². The van der Waals surface area contributed by atoms with Gasteiger partial charge in [-0.25, -0.2) is 13.1 Å². The molecule has 0 amide bonds. The summed E-state index contributed by atoms with van der Waals surface area (Å²) in [5.41, 5.74) is 0.503. The minimum Gasteiger partial charge on any atom is -0.395 e. The Labute approximate surface area is 121 Å². The van der Waals surface area contributed by atoms with Crippen molar-refractivity contribution in [3.05, 3.63) is 29.8 Å². The molecule has 0 aromatic heterocycles. The lowest BCUT2D eigenvalue weighted by Crippen LogP contribution is -2.32. The van der Waals surface area contributed by atoms with E-state index in [1.165, 1.54) is 6.07 Å². The van der Waals surface area contributed by atoms with Crippen LogP contribution in [0.25, 0.3) is 0 Å². The van der Waals surface area contributed by atoms with E-state index in [1.807, 2.05) is 20.8 Å². The molecule has 2 N–H and O–H groups in total. The lowest BCUT2D eigenvalue weighted by molar-refractivity contribution is 0.305. The van der Waals surface area contributed by atoms with Crippen LogP contribution in [0.1, 0.15) is 32.8 Å². The third-order valence-electron chi connectivity index (χ3n) is 2.41. The molecule has 20 heavy (non-hydrogen) atoms. The lowest BCUT2D eigenvalue weighted by atomic mass is 9.98. The van der Waals surface area contributed by atoms with Crippen molar-refractivity contribution in [3.63, 3.8) is 0 Å². The van der Waals surface area contributed by atoms with Crippen molar-refractivity contribution in [1.82, 2.24) is 4.72 Å². The summed E-state index contributed by atoms with van der Waals surface area (Å²) in [7, 11) is -3.51. The summed E-state index contributed by atoms with van der Waals surface area (Å²) in [6, 6.07) is 6.49. The molecule has 0 atom stereocenters. The van der Waals surface area contributed by atoms with Gasteiger partial charge in [0.25, 0.3) is 0 Å². The van der Waals surface area contributed by atoms with Gasteiger partial charge >= 0.3 is 0 Å². The largest absolute Gasteiger partial charge is 0.395 e. The summed E-state index contributed by atoms with van der Waals surface area (Å²) < 4.78 is 26.9. The molecule has 1 rings (SSSR count). The zero-order chi connectivity index (χ0) is 15.2. The van der Waals surface area contributed by atoms with Gasteiger partial charge in [-0.15, -0.1) is 0 Å². The molecule has 110 valence electrons. The molecule has 1 aromatic rings. The summed E-state index contributed by atoms with van der Waals surface area (Å²) in [5, 5.41) is 8.67. The Bertz CT molecular complexity index is 604. The smallest absolute Gasteiger partial charge is 0.240 e. The van der Waals surface area contributed by atoms with Crippen LogP contribution in [0.3, 0.4) is 0 Å². The van der Waals surface area contributed by atoms with Gasteiger partial charge < -0.3 is 5.11 Å². The average molecular weight is 295 g/mol. The van der Waals surface area contributed by atoms with Crippen molar-refractivity contribution >= 4 is 10.0 Å². The van der Waals surface area contributed by atoms with E-state index in [4.69, 9.17) is 5.11 Å². The molecule has 0 spiro atoms. The third kappa shape index (κ3) is 5.74. The predicted molar refractivity (Wildman–Crippen MR) is 79.7 cm³/mol. The van der Waals surface area contributed by atoms with Crippen molar-refractivity contribution in [2.45, 2.75) is 32.1 Å². The SMILES string of the molecule is CC(C)(C)CNS(=O)(=O)c1cccc(C#CCCO)c1. The second kappa shape index (κ2) is 6.89. The minimum absolute atomic E-state index is 0.00186. The molecule has 0 aliphatic heterocycles. The molecule has 0 aliphatic carbocycles. The first-order valence-corrected chi connectivity index (χ1v) is 7.92. The lowest BCUT2D eigenvalue weighted by Gasteiger charge is -2.18. The molecule has 1 aromatic carbocycles. The van der Waals surface area contributed by atoms with Gasteiger partial charge in [-0.3, -0.25) is 0 Å². The number of rotatable bonds is 4. The van der Waals surface area contributed by atoms with Gasteiger partial charge in [0.05, 0.1) is 11.5 Å². The van der Waals surface area contributed by atoms with E-state index >= 15 is 0 Å². The molecular formula is C15H21NO3S. The van der Waals surface area contributed by atoms with Crippen LogP contribution in [-0.2, 0) is 10.0 Å². The van der Waals surface area contributed by atoms with E-state index in [-0.39, 0.29) is 16.9 Å². The maximum Gasteiger partial charge on any atom is 0.240 e. The van der Waals surface area contributed by atoms with Gasteiger partial charge in [0.2, 0.25) is 10.0 Å². The number of aliphatic hydroxyl groups is 1. The summed E-state index contributed by atoms with van der Waals surface area (Å²) in [5.74, 6) is 5.60. The first kappa shape index (κ1) is 16.7. The standard InChI is InChI=1S/C15H21NO3S/c1-15(2,3)12-16-20(18,19)14-9-6-8-13(11-14)7-4-5-10-17/h6,8-9,11,16-17H,5,10,12H2,1-3H3. The summed E-state index contributed by atoms with van der Waals surface area (Å²) in [6.45, 7) is 6.26. The molecule has 0 fully saturated rings. The van der Waals surface area contributed by atoms with E-state index in [2.05, 4.69) is 16.6 Å². The van der Waals surface area contributed by atoms with Crippen LogP contribution in [-0.4, -0.2) is 26.7 Å². The normalized spacial score (nSPS) is 11.8. The Morgan fingerprint density at radius 1 is 1.30 bits per heavy atom. The number of sulfonamides is 1. The van der Waals surface area contributed by atoms with E-state index in [0.29, 0.717) is 18.5 Å². The van der Waals surface area contributed by atoms with Crippen LogP contribution in [0.2, 0.25) is 0 Å². The second-order valence-electron chi connectivity index (χ2n) is 5.69. The highest BCUT2D eigenvalue weighted by Gasteiger charge is 2.18. The van der Waals surface area contributed by atoms with Crippen LogP contribution in [0.5, 0.6) is 0 Å². The summed E-state index contributed by atoms with van der Waals surface area (Å²) >= 11 is 0. The van der Waals surface area contributed by atoms with E-state index in [9.17, 15) is 8.42 Å². The molecule has 5 heteroatoms. The molecule has 0 heterocycles. The molecule has 0 bridgehead atoms. The van der Waals surface area contributed by atoms with Crippen molar-refractivity contribution in [1.29, 1.82) is 0 Å². The fraction of sp³-hybridized carbons (Fsp3) is 0.467. The Morgan fingerprint density at radius 3 is 2.60 bits per heavy atom. The first-order chi connectivity index (χ1) is 9.24. The third-order valence-corrected chi connectivity index (χ3v) is 3.81. The minimum atomic E-state index is -3.51. The van der Waals surface area contributed by atoms with Crippen LogP contribution >= 0.6 is 0 Å². The zero-order valence-electron chi connectivity index (χ0n) is 12.1. The summed E-state index contributed by atoms with van der Waals surface area (Å²) in [6.07, 6.45) is 0.374. The maximum absolute atomic E-state index is 12.2. The summed E-state index contributed by atoms with van der Waals surface area (Å²) in [4.78, 5) is 0.206. The van der Waals surface area contributed by atoms with Crippen LogP contribution in [0.4, 0.5) is 0 Å². The fourth-order valence-electron chi connectivity index (χ4n) is 1.36. The number of nitrogens with one attached hydrogen (secondary N) is 1. The van der Waals surface area contributed by atoms with Gasteiger partial charge in [0.15, 0.2) is 0 Å². The zero-order valence-corrected chi connectivity index (χ0v) is 12.9. The number of hydrogen-bond donors (Lipinski definition) is 2. The average Bonchev–Trinajstić information content (AvgIpc) is 2.37. The molecule has 4 nitrogen and oxygen atoms in total. The monoisotopic (exact) mass is 295 g/mol. The van der Waals surface area contributed by atoms with Crippen molar-refractivity contribution in [3.8, 4) is 11.8 Å². The quantitative estimate of drug-likeness (QED) is 0.832. The Kier molecular flexibility index (Phi) is 5.75. The van der Waals surface area contributed by atoms with Crippen molar-refractivity contribution in [2.75, 3.05) is 13.2 Å². The number of aliphatic hydroxyl groups excluding tert-OH is 1. The van der Waals surface area contributed by atoms with Crippen LogP contribution < -0.4 is 4.72 Å². The van der Waals surface area contributed by atoms with Crippen LogP contribution in [0.15, 0.2) is 29.2 Å². The van der Waals surface area contributed by atoms with Crippen molar-refractivity contribution < 1.29 is 13.5 Å². The van der Waals surface area contributed by atoms with Crippen molar-refractivity contribution in [2.24, 2.45) is 5.41 Å². The molecular weight excluding hydrogens is 274 g/mol. The fourth-order valence-corrected chi connectivity index (χ4v) is 2.69. The molecule has 0 radical (unpaired) electrons.